The molecule has 0 fully saturated rings. The van der Waals surface area contributed by atoms with E-state index in [9.17, 15) is 5.11 Å². The van der Waals surface area contributed by atoms with Crippen molar-refractivity contribution < 1.29 is 5.11 Å². The third-order valence-corrected chi connectivity index (χ3v) is 3.08. The van der Waals surface area contributed by atoms with Crippen LogP contribution in [0.25, 0.3) is 0 Å². The number of rotatable bonds is 2. The summed E-state index contributed by atoms with van der Waals surface area (Å²) in [5.41, 5.74) is 6.97. The highest BCUT2D eigenvalue weighted by Gasteiger charge is 2.15. The molecule has 0 saturated carbocycles. The van der Waals surface area contributed by atoms with Gasteiger partial charge in [-0.1, -0.05) is 39.7 Å². The number of hydrogen-bond donors (Lipinski definition) is 2. The first kappa shape index (κ1) is 12.4. The van der Waals surface area contributed by atoms with Gasteiger partial charge in [0.15, 0.2) is 0 Å². The normalized spacial score (nSPS) is 12.4. The standard InChI is InChI=1S/C12H10BrClN2O/c13-8-3-1-2-7(4-8)11(17)10-5-9(14)6-16-12(10)15/h1-6,11,17H,(H2,15,16). The van der Waals surface area contributed by atoms with Crippen LogP contribution in [0.15, 0.2) is 41.0 Å². The second kappa shape index (κ2) is 5.04. The van der Waals surface area contributed by atoms with Gasteiger partial charge < -0.3 is 10.8 Å². The Balaban J connectivity index is 2.43. The zero-order valence-corrected chi connectivity index (χ0v) is 11.1. The van der Waals surface area contributed by atoms with Crippen molar-refractivity contribution in [1.29, 1.82) is 0 Å². The lowest BCUT2D eigenvalue weighted by Crippen LogP contribution is -2.05. The number of anilines is 1. The second-order valence-corrected chi connectivity index (χ2v) is 4.94. The van der Waals surface area contributed by atoms with Crippen LogP contribution in [0.2, 0.25) is 5.02 Å². The molecule has 1 aromatic heterocycles. The molecule has 88 valence electrons. The summed E-state index contributed by atoms with van der Waals surface area (Å²) in [7, 11) is 0. The minimum absolute atomic E-state index is 0.280. The van der Waals surface area contributed by atoms with Gasteiger partial charge in [-0.05, 0) is 23.8 Å². The SMILES string of the molecule is Nc1ncc(Cl)cc1C(O)c1cccc(Br)c1. The van der Waals surface area contributed by atoms with Gasteiger partial charge in [0.1, 0.15) is 11.9 Å². The molecule has 5 heteroatoms. The van der Waals surface area contributed by atoms with Crippen LogP contribution in [-0.4, -0.2) is 10.1 Å². The van der Waals surface area contributed by atoms with Crippen molar-refractivity contribution in [3.63, 3.8) is 0 Å². The number of nitrogen functional groups attached to an aromatic ring is 1. The van der Waals surface area contributed by atoms with Crippen LogP contribution in [-0.2, 0) is 0 Å². The quantitative estimate of drug-likeness (QED) is 0.895. The van der Waals surface area contributed by atoms with Gasteiger partial charge in [0.05, 0.1) is 5.02 Å². The Bertz CT molecular complexity index is 548. The highest BCUT2D eigenvalue weighted by atomic mass is 79.9. The molecule has 1 heterocycles. The fraction of sp³-hybridized carbons (Fsp3) is 0.0833. The number of aliphatic hydroxyl groups excluding tert-OH is 1. The average Bonchev–Trinajstić information content (AvgIpc) is 2.31. The van der Waals surface area contributed by atoms with Crippen LogP contribution in [0.5, 0.6) is 0 Å². The van der Waals surface area contributed by atoms with Gasteiger partial charge >= 0.3 is 0 Å². The second-order valence-electron chi connectivity index (χ2n) is 3.59. The minimum Gasteiger partial charge on any atom is -0.384 e. The van der Waals surface area contributed by atoms with E-state index in [4.69, 9.17) is 17.3 Å². The number of benzene rings is 1. The fourth-order valence-corrected chi connectivity index (χ4v) is 2.12. The third-order valence-electron chi connectivity index (χ3n) is 2.38. The molecule has 0 amide bonds. The van der Waals surface area contributed by atoms with E-state index in [0.717, 1.165) is 10.0 Å². The molecule has 2 aromatic rings. The van der Waals surface area contributed by atoms with E-state index in [0.29, 0.717) is 10.6 Å². The number of aromatic nitrogens is 1. The van der Waals surface area contributed by atoms with Crippen molar-refractivity contribution in [1.82, 2.24) is 4.98 Å². The molecular weight excluding hydrogens is 304 g/mol. The predicted molar refractivity (Wildman–Crippen MR) is 71.9 cm³/mol. The van der Waals surface area contributed by atoms with E-state index in [1.54, 1.807) is 6.07 Å². The van der Waals surface area contributed by atoms with Crippen molar-refractivity contribution in [3.8, 4) is 0 Å². The maximum atomic E-state index is 10.2. The zero-order chi connectivity index (χ0) is 12.4. The number of pyridine rings is 1. The van der Waals surface area contributed by atoms with Crippen molar-refractivity contribution in [2.75, 3.05) is 5.73 Å². The molecule has 2 rings (SSSR count). The summed E-state index contributed by atoms with van der Waals surface area (Å²) in [4.78, 5) is 3.92. The predicted octanol–water partition coefficient (Wildman–Crippen LogP) is 3.16. The maximum Gasteiger partial charge on any atom is 0.129 e. The Hall–Kier alpha value is -1.10. The summed E-state index contributed by atoms with van der Waals surface area (Å²) in [6.07, 6.45) is 0.618. The lowest BCUT2D eigenvalue weighted by atomic mass is 10.0. The lowest BCUT2D eigenvalue weighted by Gasteiger charge is -2.13. The summed E-state index contributed by atoms with van der Waals surface area (Å²) in [6.45, 7) is 0. The first-order valence-electron chi connectivity index (χ1n) is 4.92. The van der Waals surface area contributed by atoms with E-state index in [1.807, 2.05) is 24.3 Å². The molecule has 3 N–H and O–H groups in total. The first-order chi connectivity index (χ1) is 8.08. The van der Waals surface area contributed by atoms with Crippen LogP contribution in [0.3, 0.4) is 0 Å². The number of nitrogens with zero attached hydrogens (tertiary/aromatic N) is 1. The maximum absolute atomic E-state index is 10.2. The molecule has 17 heavy (non-hydrogen) atoms. The summed E-state index contributed by atoms with van der Waals surface area (Å²) < 4.78 is 0.891. The van der Waals surface area contributed by atoms with Crippen LogP contribution in [0.1, 0.15) is 17.2 Å². The minimum atomic E-state index is -0.835. The van der Waals surface area contributed by atoms with Crippen LogP contribution >= 0.6 is 27.5 Å². The average molecular weight is 314 g/mol. The van der Waals surface area contributed by atoms with E-state index < -0.39 is 6.10 Å². The Kier molecular flexibility index (Phi) is 3.66. The monoisotopic (exact) mass is 312 g/mol. The molecule has 1 unspecified atom stereocenters. The number of aliphatic hydroxyl groups is 1. The van der Waals surface area contributed by atoms with Crippen molar-refractivity contribution in [2.45, 2.75) is 6.10 Å². The molecule has 0 radical (unpaired) electrons. The summed E-state index contributed by atoms with van der Waals surface area (Å²) in [5.74, 6) is 0.280. The van der Waals surface area contributed by atoms with Crippen molar-refractivity contribution in [2.24, 2.45) is 0 Å². The Morgan fingerprint density at radius 1 is 1.35 bits per heavy atom. The molecule has 0 bridgehead atoms. The molecule has 0 aliphatic carbocycles. The molecule has 0 spiro atoms. The summed E-state index contributed by atoms with van der Waals surface area (Å²) in [6, 6.07) is 8.99. The van der Waals surface area contributed by atoms with E-state index in [2.05, 4.69) is 20.9 Å². The number of nitrogens with two attached hydrogens (primary N) is 1. The molecule has 1 atom stereocenters. The first-order valence-corrected chi connectivity index (χ1v) is 6.09. The smallest absolute Gasteiger partial charge is 0.129 e. The Labute approximate surface area is 112 Å². The molecule has 1 aromatic carbocycles. The van der Waals surface area contributed by atoms with Gasteiger partial charge in [0.2, 0.25) is 0 Å². The third kappa shape index (κ3) is 2.77. The highest BCUT2D eigenvalue weighted by Crippen LogP contribution is 2.28. The van der Waals surface area contributed by atoms with Gasteiger partial charge in [-0.2, -0.15) is 0 Å². The molecule has 0 saturated heterocycles. The van der Waals surface area contributed by atoms with Crippen molar-refractivity contribution >= 4 is 33.3 Å². The summed E-state index contributed by atoms with van der Waals surface area (Å²) >= 11 is 9.19. The largest absolute Gasteiger partial charge is 0.384 e. The molecular formula is C12H10BrClN2O. The van der Waals surface area contributed by atoms with E-state index in [-0.39, 0.29) is 5.82 Å². The fourth-order valence-electron chi connectivity index (χ4n) is 1.54. The number of halogens is 2. The summed E-state index contributed by atoms with van der Waals surface area (Å²) in [5, 5.41) is 10.7. The Morgan fingerprint density at radius 3 is 2.82 bits per heavy atom. The lowest BCUT2D eigenvalue weighted by molar-refractivity contribution is 0.220. The molecule has 3 nitrogen and oxygen atoms in total. The Morgan fingerprint density at radius 2 is 2.12 bits per heavy atom. The van der Waals surface area contributed by atoms with Gasteiger partial charge in [-0.3, -0.25) is 0 Å². The highest BCUT2D eigenvalue weighted by molar-refractivity contribution is 9.10. The van der Waals surface area contributed by atoms with Gasteiger partial charge in [0, 0.05) is 16.2 Å². The topological polar surface area (TPSA) is 59.1 Å². The van der Waals surface area contributed by atoms with Crippen LogP contribution in [0, 0.1) is 0 Å². The van der Waals surface area contributed by atoms with Crippen LogP contribution < -0.4 is 5.73 Å². The van der Waals surface area contributed by atoms with Gasteiger partial charge in [-0.25, -0.2) is 4.98 Å². The molecule has 0 aliphatic rings. The van der Waals surface area contributed by atoms with E-state index >= 15 is 0 Å². The van der Waals surface area contributed by atoms with Crippen molar-refractivity contribution in [3.05, 3.63) is 57.2 Å². The van der Waals surface area contributed by atoms with Gasteiger partial charge in [-0.15, -0.1) is 0 Å². The van der Waals surface area contributed by atoms with E-state index in [1.165, 1.54) is 6.20 Å². The van der Waals surface area contributed by atoms with Gasteiger partial charge in [0.25, 0.3) is 0 Å². The van der Waals surface area contributed by atoms with Crippen LogP contribution in [0.4, 0.5) is 5.82 Å². The molecule has 0 aliphatic heterocycles. The number of hydrogen-bond acceptors (Lipinski definition) is 3. The zero-order valence-electron chi connectivity index (χ0n) is 8.77.